The topological polar surface area (TPSA) is 55.1 Å². The molecule has 3 nitrogen and oxygen atoms in total. The molecule has 0 aliphatic rings. The Bertz CT molecular complexity index is 174. The van der Waals surface area contributed by atoms with Crippen LogP contribution in [0.1, 0.15) is 20.8 Å². The Hall–Kier alpha value is -0.480. The fraction of sp³-hybridized carbons (Fsp3) is 0.750. The maximum Gasteiger partial charge on any atom is 0.225 e. The number of nitrogens with two attached hydrogens (primary N) is 1. The van der Waals surface area contributed by atoms with Gasteiger partial charge in [-0.05, 0) is 5.37 Å². The average Bonchev–Trinajstić information content (AvgIpc) is 1.97. The van der Waals surface area contributed by atoms with Gasteiger partial charge < -0.3 is 11.1 Å². The van der Waals surface area contributed by atoms with Crippen LogP contribution in [0.15, 0.2) is 0 Å². The van der Waals surface area contributed by atoms with Crippen LogP contribution in [0.5, 0.6) is 0 Å². The number of carbonyl (C=O) groups excluding carboxylic acids is 1. The van der Waals surface area contributed by atoms with E-state index in [1.165, 1.54) is 5.37 Å². The molecular weight excluding hydrogens is 172 g/mol. The van der Waals surface area contributed by atoms with Crippen molar-refractivity contribution >= 4 is 23.5 Å². The van der Waals surface area contributed by atoms with E-state index in [0.717, 1.165) is 0 Å². The first-order valence-corrected chi connectivity index (χ1v) is 4.34. The van der Waals surface area contributed by atoms with Gasteiger partial charge in [-0.15, -0.1) is 0 Å². The Morgan fingerprint density at radius 2 is 2.17 bits per heavy atom. The lowest BCUT2D eigenvalue weighted by Gasteiger charge is -2.18. The SMILES string of the molecule is CC(C)(C)C(=O)NCC(N)C=S. The Kier molecular flexibility index (Phi) is 4.34. The largest absolute Gasteiger partial charge is 0.354 e. The van der Waals surface area contributed by atoms with Crippen LogP contribution in [0, 0.1) is 5.41 Å². The monoisotopic (exact) mass is 188 g/mol. The molecule has 0 spiro atoms. The van der Waals surface area contributed by atoms with Gasteiger partial charge in [0.05, 0.1) is 6.04 Å². The van der Waals surface area contributed by atoms with E-state index in [1.807, 2.05) is 20.8 Å². The Labute approximate surface area is 78.7 Å². The quantitative estimate of drug-likeness (QED) is 0.633. The van der Waals surface area contributed by atoms with Gasteiger partial charge in [-0.2, -0.15) is 0 Å². The van der Waals surface area contributed by atoms with Crippen molar-refractivity contribution in [3.05, 3.63) is 0 Å². The van der Waals surface area contributed by atoms with Crippen LogP contribution in [0.2, 0.25) is 0 Å². The summed E-state index contributed by atoms with van der Waals surface area (Å²) in [6.07, 6.45) is 0. The highest BCUT2D eigenvalue weighted by atomic mass is 32.1. The van der Waals surface area contributed by atoms with Gasteiger partial charge in [0.25, 0.3) is 0 Å². The van der Waals surface area contributed by atoms with E-state index in [-0.39, 0.29) is 17.4 Å². The second-order valence-corrected chi connectivity index (χ2v) is 4.03. The molecule has 0 rings (SSSR count). The van der Waals surface area contributed by atoms with E-state index < -0.39 is 0 Å². The van der Waals surface area contributed by atoms with Gasteiger partial charge >= 0.3 is 0 Å². The van der Waals surface area contributed by atoms with Gasteiger partial charge in [0.15, 0.2) is 0 Å². The molecule has 0 aromatic heterocycles. The minimum Gasteiger partial charge on any atom is -0.354 e. The highest BCUT2D eigenvalue weighted by Gasteiger charge is 2.20. The van der Waals surface area contributed by atoms with Crippen molar-refractivity contribution in [2.75, 3.05) is 6.54 Å². The molecule has 0 aromatic carbocycles. The molecule has 1 atom stereocenters. The third kappa shape index (κ3) is 4.41. The molecule has 0 aliphatic heterocycles. The van der Waals surface area contributed by atoms with Crippen LogP contribution in [-0.2, 0) is 4.79 Å². The van der Waals surface area contributed by atoms with Crippen LogP contribution in [0.4, 0.5) is 0 Å². The fourth-order valence-corrected chi connectivity index (χ4v) is 0.620. The summed E-state index contributed by atoms with van der Waals surface area (Å²) < 4.78 is 0. The van der Waals surface area contributed by atoms with Crippen molar-refractivity contribution in [1.29, 1.82) is 0 Å². The van der Waals surface area contributed by atoms with E-state index in [0.29, 0.717) is 6.54 Å². The van der Waals surface area contributed by atoms with Crippen LogP contribution < -0.4 is 11.1 Å². The van der Waals surface area contributed by atoms with Crippen molar-refractivity contribution in [3.63, 3.8) is 0 Å². The van der Waals surface area contributed by atoms with Crippen molar-refractivity contribution in [3.8, 4) is 0 Å². The fourth-order valence-electron chi connectivity index (χ4n) is 0.524. The summed E-state index contributed by atoms with van der Waals surface area (Å²) >= 11 is 4.62. The number of rotatable bonds is 3. The highest BCUT2D eigenvalue weighted by Crippen LogP contribution is 2.11. The zero-order valence-corrected chi connectivity index (χ0v) is 8.57. The number of thiocarbonyl (C=S) groups is 1. The summed E-state index contributed by atoms with van der Waals surface area (Å²) in [6.45, 7) is 5.97. The lowest BCUT2D eigenvalue weighted by Crippen LogP contribution is -2.42. The van der Waals surface area contributed by atoms with Gasteiger partial charge in [0, 0.05) is 12.0 Å². The smallest absolute Gasteiger partial charge is 0.225 e. The van der Waals surface area contributed by atoms with E-state index in [4.69, 9.17) is 5.73 Å². The van der Waals surface area contributed by atoms with Gasteiger partial charge in [-0.25, -0.2) is 0 Å². The molecule has 0 heterocycles. The van der Waals surface area contributed by atoms with Gasteiger partial charge in [0.2, 0.25) is 5.91 Å². The predicted molar refractivity (Wildman–Crippen MR) is 54.1 cm³/mol. The summed E-state index contributed by atoms with van der Waals surface area (Å²) in [4.78, 5) is 11.3. The van der Waals surface area contributed by atoms with E-state index in [2.05, 4.69) is 17.5 Å². The Morgan fingerprint density at radius 3 is 2.50 bits per heavy atom. The van der Waals surface area contributed by atoms with Crippen LogP contribution >= 0.6 is 12.2 Å². The molecule has 0 aromatic rings. The molecule has 0 saturated heterocycles. The zero-order chi connectivity index (χ0) is 9.78. The number of hydrogen-bond donors (Lipinski definition) is 2. The Balaban J connectivity index is 3.80. The van der Waals surface area contributed by atoms with Crippen molar-refractivity contribution in [1.82, 2.24) is 5.32 Å². The maximum atomic E-state index is 11.3. The maximum absolute atomic E-state index is 11.3. The van der Waals surface area contributed by atoms with E-state index >= 15 is 0 Å². The highest BCUT2D eigenvalue weighted by molar-refractivity contribution is 7.79. The molecule has 70 valence electrons. The van der Waals surface area contributed by atoms with Gasteiger partial charge in [-0.1, -0.05) is 33.0 Å². The first-order valence-electron chi connectivity index (χ1n) is 3.87. The third-order valence-corrected chi connectivity index (χ3v) is 1.70. The summed E-state index contributed by atoms with van der Waals surface area (Å²) in [7, 11) is 0. The second-order valence-electron chi connectivity index (χ2n) is 3.76. The Morgan fingerprint density at radius 1 is 1.67 bits per heavy atom. The first-order chi connectivity index (χ1) is 5.38. The summed E-state index contributed by atoms with van der Waals surface area (Å²) in [5, 5.41) is 4.16. The lowest BCUT2D eigenvalue weighted by atomic mass is 9.96. The molecule has 0 radical (unpaired) electrons. The second kappa shape index (κ2) is 4.52. The summed E-state index contributed by atoms with van der Waals surface area (Å²) in [6, 6.07) is -0.230. The third-order valence-electron chi connectivity index (χ3n) is 1.35. The van der Waals surface area contributed by atoms with E-state index in [1.54, 1.807) is 0 Å². The number of carbonyl (C=O) groups is 1. The lowest BCUT2D eigenvalue weighted by molar-refractivity contribution is -0.128. The van der Waals surface area contributed by atoms with Crippen LogP contribution in [0.25, 0.3) is 0 Å². The molecule has 1 amide bonds. The van der Waals surface area contributed by atoms with E-state index in [9.17, 15) is 4.79 Å². The molecule has 3 N–H and O–H groups in total. The van der Waals surface area contributed by atoms with Crippen molar-refractivity contribution < 1.29 is 4.79 Å². The molecule has 12 heavy (non-hydrogen) atoms. The molecular formula is C8H16N2OS. The number of hydrogen-bond acceptors (Lipinski definition) is 3. The van der Waals surface area contributed by atoms with Crippen LogP contribution in [0.3, 0.4) is 0 Å². The summed E-state index contributed by atoms with van der Waals surface area (Å²) in [5.41, 5.74) is 5.13. The number of nitrogens with one attached hydrogen (secondary N) is 1. The minimum atomic E-state index is -0.360. The van der Waals surface area contributed by atoms with Gasteiger partial charge in [-0.3, -0.25) is 4.79 Å². The average molecular weight is 188 g/mol. The van der Waals surface area contributed by atoms with Crippen LogP contribution in [-0.4, -0.2) is 23.9 Å². The predicted octanol–water partition coefficient (Wildman–Crippen LogP) is 0.476. The van der Waals surface area contributed by atoms with Gasteiger partial charge in [0.1, 0.15) is 0 Å². The van der Waals surface area contributed by atoms with Crippen molar-refractivity contribution in [2.24, 2.45) is 11.1 Å². The standard InChI is InChI=1S/C8H16N2OS/c1-8(2,3)7(11)10-4-6(9)5-12/h5-6H,4,9H2,1-3H3,(H,10,11). The normalized spacial score (nSPS) is 13.7. The molecule has 0 fully saturated rings. The molecule has 0 saturated carbocycles. The first kappa shape index (κ1) is 11.5. The molecule has 0 bridgehead atoms. The zero-order valence-electron chi connectivity index (χ0n) is 7.76. The molecule has 4 heteroatoms. The molecule has 0 aliphatic carbocycles. The molecule has 1 unspecified atom stereocenters. The minimum absolute atomic E-state index is 0.00481. The number of amides is 1. The van der Waals surface area contributed by atoms with Crippen molar-refractivity contribution in [2.45, 2.75) is 26.8 Å². The summed E-state index contributed by atoms with van der Waals surface area (Å²) in [5.74, 6) is -0.00481.